The van der Waals surface area contributed by atoms with Crippen molar-refractivity contribution in [3.8, 4) is 0 Å². The van der Waals surface area contributed by atoms with E-state index in [0.717, 1.165) is 25.9 Å². The first-order valence-electron chi connectivity index (χ1n) is 8.40. The van der Waals surface area contributed by atoms with Gasteiger partial charge in [-0.25, -0.2) is 4.79 Å². The highest BCUT2D eigenvalue weighted by Gasteiger charge is 2.59. The maximum absolute atomic E-state index is 12.2. The van der Waals surface area contributed by atoms with Crippen molar-refractivity contribution >= 4 is 6.03 Å². The second kappa shape index (κ2) is 6.17. The van der Waals surface area contributed by atoms with Crippen molar-refractivity contribution in [2.75, 3.05) is 13.2 Å². The average Bonchev–Trinajstić information content (AvgIpc) is 2.97. The highest BCUT2D eigenvalue weighted by molar-refractivity contribution is 5.74. The van der Waals surface area contributed by atoms with Crippen molar-refractivity contribution in [1.82, 2.24) is 10.6 Å². The maximum atomic E-state index is 12.2. The van der Waals surface area contributed by atoms with Gasteiger partial charge in [0.15, 0.2) is 0 Å². The molecule has 23 heavy (non-hydrogen) atoms. The zero-order valence-electron chi connectivity index (χ0n) is 13.8. The third-order valence-corrected chi connectivity index (χ3v) is 5.39. The number of amides is 2. The van der Waals surface area contributed by atoms with Gasteiger partial charge in [0.05, 0.1) is 18.9 Å². The zero-order valence-corrected chi connectivity index (χ0v) is 13.8. The fourth-order valence-corrected chi connectivity index (χ4v) is 3.77. The van der Waals surface area contributed by atoms with Crippen molar-refractivity contribution < 1.29 is 19.1 Å². The van der Waals surface area contributed by atoms with E-state index in [4.69, 9.17) is 9.15 Å². The lowest BCUT2D eigenvalue weighted by Crippen LogP contribution is -2.68. The molecule has 1 heterocycles. The number of nitrogens with one attached hydrogen (secondary N) is 2. The second-order valence-electron chi connectivity index (χ2n) is 6.90. The summed E-state index contributed by atoms with van der Waals surface area (Å²) in [6, 6.07) is 3.33. The third-order valence-electron chi connectivity index (χ3n) is 5.39. The monoisotopic (exact) mass is 322 g/mol. The van der Waals surface area contributed by atoms with Crippen LogP contribution in [0, 0.1) is 5.41 Å². The molecule has 3 unspecified atom stereocenters. The van der Waals surface area contributed by atoms with E-state index in [1.807, 2.05) is 6.92 Å². The molecule has 3 N–H and O–H groups in total. The molecule has 0 radical (unpaired) electrons. The van der Waals surface area contributed by atoms with Crippen LogP contribution < -0.4 is 10.6 Å². The van der Waals surface area contributed by atoms with Gasteiger partial charge in [-0.15, -0.1) is 0 Å². The summed E-state index contributed by atoms with van der Waals surface area (Å²) in [5, 5.41) is 16.1. The smallest absolute Gasteiger partial charge is 0.315 e. The molecule has 1 aromatic heterocycles. The number of rotatable bonds is 6. The predicted octanol–water partition coefficient (Wildman–Crippen LogP) is 2.13. The average molecular weight is 322 g/mol. The molecule has 1 spiro atoms. The van der Waals surface area contributed by atoms with Crippen LogP contribution in [0.4, 0.5) is 4.79 Å². The summed E-state index contributed by atoms with van der Waals surface area (Å²) in [7, 11) is 0. The van der Waals surface area contributed by atoms with Crippen LogP contribution in [0.1, 0.15) is 45.3 Å². The van der Waals surface area contributed by atoms with Gasteiger partial charge in [-0.3, -0.25) is 0 Å². The molecule has 3 rings (SSSR count). The van der Waals surface area contributed by atoms with E-state index in [1.54, 1.807) is 19.1 Å². The largest absolute Gasteiger partial charge is 0.466 e. The minimum atomic E-state index is -1.22. The quantitative estimate of drug-likeness (QED) is 0.749. The first kappa shape index (κ1) is 16.3. The number of hydrogen-bond donors (Lipinski definition) is 3. The Balaban J connectivity index is 1.49. The Kier molecular flexibility index (Phi) is 4.38. The van der Waals surface area contributed by atoms with E-state index in [2.05, 4.69) is 10.6 Å². The van der Waals surface area contributed by atoms with E-state index >= 15 is 0 Å². The van der Waals surface area contributed by atoms with Gasteiger partial charge < -0.3 is 24.9 Å². The van der Waals surface area contributed by atoms with Crippen LogP contribution in [0.5, 0.6) is 0 Å². The number of hydrogen-bond acceptors (Lipinski definition) is 4. The van der Waals surface area contributed by atoms with E-state index in [9.17, 15) is 9.90 Å². The van der Waals surface area contributed by atoms with E-state index < -0.39 is 5.60 Å². The lowest BCUT2D eigenvalue weighted by atomic mass is 9.51. The summed E-state index contributed by atoms with van der Waals surface area (Å²) < 4.78 is 11.0. The van der Waals surface area contributed by atoms with Crippen molar-refractivity contribution in [2.45, 2.75) is 57.3 Å². The molecule has 128 valence electrons. The van der Waals surface area contributed by atoms with E-state index in [0.29, 0.717) is 5.76 Å². The van der Waals surface area contributed by atoms with Gasteiger partial charge in [0.2, 0.25) is 0 Å². The molecule has 0 saturated heterocycles. The van der Waals surface area contributed by atoms with Crippen LogP contribution in [0.25, 0.3) is 0 Å². The summed E-state index contributed by atoms with van der Waals surface area (Å²) in [4.78, 5) is 12.2. The zero-order chi connectivity index (χ0) is 16.5. The molecule has 0 aliphatic heterocycles. The minimum Gasteiger partial charge on any atom is -0.466 e. The van der Waals surface area contributed by atoms with Crippen molar-refractivity contribution in [1.29, 1.82) is 0 Å². The fraction of sp³-hybridized carbons (Fsp3) is 0.706. The summed E-state index contributed by atoms with van der Waals surface area (Å²) in [5.74, 6) is 0.438. The van der Waals surface area contributed by atoms with Crippen LogP contribution in [0.3, 0.4) is 0 Å². The Morgan fingerprint density at radius 1 is 1.57 bits per heavy atom. The van der Waals surface area contributed by atoms with Crippen LogP contribution in [0.2, 0.25) is 0 Å². The fourth-order valence-electron chi connectivity index (χ4n) is 3.77. The van der Waals surface area contributed by atoms with E-state index in [1.165, 1.54) is 12.7 Å². The topological polar surface area (TPSA) is 83.7 Å². The Morgan fingerprint density at radius 2 is 2.35 bits per heavy atom. The molecule has 2 aliphatic rings. The first-order chi connectivity index (χ1) is 11.0. The number of aliphatic hydroxyl groups is 1. The Morgan fingerprint density at radius 3 is 2.91 bits per heavy atom. The van der Waals surface area contributed by atoms with Crippen molar-refractivity contribution in [3.05, 3.63) is 24.2 Å². The molecule has 0 aromatic carbocycles. The molecular weight excluding hydrogens is 296 g/mol. The Labute approximate surface area is 136 Å². The Bertz CT molecular complexity index is 537. The van der Waals surface area contributed by atoms with Gasteiger partial charge in [0.25, 0.3) is 0 Å². The van der Waals surface area contributed by atoms with Crippen LogP contribution in [-0.4, -0.2) is 36.4 Å². The van der Waals surface area contributed by atoms with Gasteiger partial charge >= 0.3 is 6.03 Å². The Hall–Kier alpha value is -1.53. The van der Waals surface area contributed by atoms with Gasteiger partial charge in [0.1, 0.15) is 11.4 Å². The van der Waals surface area contributed by atoms with Gasteiger partial charge in [-0.1, -0.05) is 6.42 Å². The lowest BCUT2D eigenvalue weighted by molar-refractivity contribution is -0.169. The maximum Gasteiger partial charge on any atom is 0.315 e. The molecule has 2 aliphatic carbocycles. The molecule has 6 heteroatoms. The number of ether oxygens (including phenoxy) is 1. The molecule has 2 saturated carbocycles. The minimum absolute atomic E-state index is 0.0982. The van der Waals surface area contributed by atoms with Crippen LogP contribution in [-0.2, 0) is 10.3 Å². The SMILES string of the molecule is CCOC1CC(NC(=O)NCC(C)(O)c2ccco2)C12CCC2. The van der Waals surface area contributed by atoms with Gasteiger partial charge in [-0.2, -0.15) is 0 Å². The van der Waals surface area contributed by atoms with E-state index in [-0.39, 0.29) is 30.1 Å². The molecule has 6 nitrogen and oxygen atoms in total. The standard InChI is InChI=1S/C17H26N2O4/c1-3-22-14-10-12(17(14)7-5-8-17)19-15(20)18-11-16(2,21)13-6-4-9-23-13/h4,6,9,12,14,21H,3,5,7-8,10-11H2,1-2H3,(H2,18,19,20). The number of furan rings is 1. The summed E-state index contributed by atoms with van der Waals surface area (Å²) in [6.45, 7) is 4.45. The lowest BCUT2D eigenvalue weighted by Gasteiger charge is -2.60. The van der Waals surface area contributed by atoms with Crippen LogP contribution in [0.15, 0.2) is 22.8 Å². The molecule has 1 aromatic rings. The molecule has 0 bridgehead atoms. The number of carbonyl (C=O) groups is 1. The molecular formula is C17H26N2O4. The van der Waals surface area contributed by atoms with Crippen LogP contribution >= 0.6 is 0 Å². The summed E-state index contributed by atoms with van der Waals surface area (Å²) in [6.07, 6.45) is 6.09. The first-order valence-corrected chi connectivity index (χ1v) is 8.40. The predicted molar refractivity (Wildman–Crippen MR) is 84.9 cm³/mol. The molecule has 2 fully saturated rings. The van der Waals surface area contributed by atoms with Gasteiger partial charge in [0, 0.05) is 18.1 Å². The summed E-state index contributed by atoms with van der Waals surface area (Å²) in [5.41, 5.74) is -1.08. The second-order valence-corrected chi connectivity index (χ2v) is 6.90. The third kappa shape index (κ3) is 2.97. The summed E-state index contributed by atoms with van der Waals surface area (Å²) >= 11 is 0. The normalized spacial score (nSPS) is 27.6. The van der Waals surface area contributed by atoms with Crippen molar-refractivity contribution in [3.63, 3.8) is 0 Å². The number of carbonyl (C=O) groups excluding carboxylic acids is 1. The van der Waals surface area contributed by atoms with Crippen molar-refractivity contribution in [2.24, 2.45) is 5.41 Å². The van der Waals surface area contributed by atoms with Gasteiger partial charge in [-0.05, 0) is 45.2 Å². The highest BCUT2D eigenvalue weighted by Crippen LogP contribution is 2.57. The highest BCUT2D eigenvalue weighted by atomic mass is 16.5. The molecule has 3 atom stereocenters. The molecule has 2 amide bonds. The number of urea groups is 1.